The number of rotatable bonds is 6. The quantitative estimate of drug-likeness (QED) is 0.757. The van der Waals surface area contributed by atoms with Crippen LogP contribution in [0.4, 0.5) is 0 Å². The number of imidazole rings is 1. The van der Waals surface area contributed by atoms with E-state index in [2.05, 4.69) is 11.9 Å². The normalized spacial score (nSPS) is 12.6. The van der Waals surface area contributed by atoms with E-state index in [4.69, 9.17) is 5.11 Å². The highest BCUT2D eigenvalue weighted by atomic mass is 16.4. The van der Waals surface area contributed by atoms with Crippen molar-refractivity contribution in [2.45, 2.75) is 38.6 Å². The first kappa shape index (κ1) is 10.8. The zero-order chi connectivity index (χ0) is 10.4. The lowest BCUT2D eigenvalue weighted by Crippen LogP contribution is -2.09. The van der Waals surface area contributed by atoms with Gasteiger partial charge >= 0.3 is 5.97 Å². The van der Waals surface area contributed by atoms with Crippen LogP contribution in [0.25, 0.3) is 0 Å². The van der Waals surface area contributed by atoms with Gasteiger partial charge in [-0.15, -0.1) is 0 Å². The molecule has 0 spiro atoms. The van der Waals surface area contributed by atoms with Crippen molar-refractivity contribution < 1.29 is 9.90 Å². The largest absolute Gasteiger partial charge is 0.481 e. The van der Waals surface area contributed by atoms with Crippen LogP contribution in [0.15, 0.2) is 18.7 Å². The lowest BCUT2D eigenvalue weighted by molar-refractivity contribution is -0.137. The molecular formula is C10H16N2O2. The fourth-order valence-electron chi connectivity index (χ4n) is 1.55. The Bertz CT molecular complexity index is 270. The Labute approximate surface area is 83.6 Å². The smallest absolute Gasteiger partial charge is 0.303 e. The molecule has 0 aliphatic heterocycles. The van der Waals surface area contributed by atoms with E-state index in [1.165, 1.54) is 0 Å². The Morgan fingerprint density at radius 3 is 2.86 bits per heavy atom. The first-order valence-corrected chi connectivity index (χ1v) is 4.93. The average molecular weight is 196 g/mol. The van der Waals surface area contributed by atoms with E-state index in [9.17, 15) is 4.79 Å². The number of hydrogen-bond donors (Lipinski definition) is 1. The summed E-state index contributed by atoms with van der Waals surface area (Å²) >= 11 is 0. The molecule has 1 aromatic heterocycles. The first-order chi connectivity index (χ1) is 6.74. The average Bonchev–Trinajstić information content (AvgIpc) is 2.64. The van der Waals surface area contributed by atoms with Crippen LogP contribution in [-0.2, 0) is 4.79 Å². The Morgan fingerprint density at radius 1 is 1.57 bits per heavy atom. The van der Waals surface area contributed by atoms with Gasteiger partial charge in [0, 0.05) is 24.9 Å². The molecule has 0 radical (unpaired) electrons. The van der Waals surface area contributed by atoms with E-state index in [0.29, 0.717) is 6.42 Å². The van der Waals surface area contributed by atoms with Crippen molar-refractivity contribution in [3.63, 3.8) is 0 Å². The predicted molar refractivity (Wildman–Crippen MR) is 53.0 cm³/mol. The van der Waals surface area contributed by atoms with Crippen molar-refractivity contribution in [1.29, 1.82) is 0 Å². The lowest BCUT2D eigenvalue weighted by Gasteiger charge is -2.16. The van der Waals surface area contributed by atoms with Crippen LogP contribution >= 0.6 is 0 Å². The number of aliphatic carboxylic acids is 1. The van der Waals surface area contributed by atoms with Gasteiger partial charge in [0.15, 0.2) is 0 Å². The molecule has 1 N–H and O–H groups in total. The van der Waals surface area contributed by atoms with Crippen LogP contribution < -0.4 is 0 Å². The third kappa shape index (κ3) is 3.20. The summed E-state index contributed by atoms with van der Waals surface area (Å²) in [7, 11) is 0. The van der Waals surface area contributed by atoms with Crippen molar-refractivity contribution in [1.82, 2.24) is 9.55 Å². The minimum absolute atomic E-state index is 0.225. The molecule has 1 heterocycles. The second-order valence-electron chi connectivity index (χ2n) is 3.38. The Hall–Kier alpha value is -1.32. The van der Waals surface area contributed by atoms with E-state index < -0.39 is 5.97 Å². The van der Waals surface area contributed by atoms with Gasteiger partial charge in [0.1, 0.15) is 0 Å². The third-order valence-electron chi connectivity index (χ3n) is 2.26. The number of aromatic nitrogens is 2. The topological polar surface area (TPSA) is 55.1 Å². The van der Waals surface area contributed by atoms with Crippen molar-refractivity contribution in [3.05, 3.63) is 18.7 Å². The highest BCUT2D eigenvalue weighted by Gasteiger charge is 2.10. The molecule has 4 heteroatoms. The van der Waals surface area contributed by atoms with E-state index >= 15 is 0 Å². The van der Waals surface area contributed by atoms with Gasteiger partial charge in [-0.2, -0.15) is 0 Å². The maximum atomic E-state index is 10.5. The summed E-state index contributed by atoms with van der Waals surface area (Å²) in [5.41, 5.74) is 0. The van der Waals surface area contributed by atoms with Crippen LogP contribution in [0.3, 0.4) is 0 Å². The molecule has 0 bridgehead atoms. The standard InChI is InChI=1S/C10H16N2O2/c1-2-3-9(4-5-10(13)14)12-7-6-11-8-12/h6-9H,2-5H2,1H3,(H,13,14). The Balaban J connectivity index is 2.51. The SMILES string of the molecule is CCCC(CCC(=O)O)n1ccnc1. The van der Waals surface area contributed by atoms with Crippen molar-refractivity contribution >= 4 is 5.97 Å². The first-order valence-electron chi connectivity index (χ1n) is 4.93. The second kappa shape index (κ2) is 5.42. The summed E-state index contributed by atoms with van der Waals surface area (Å²) in [4.78, 5) is 14.4. The maximum absolute atomic E-state index is 10.5. The zero-order valence-electron chi connectivity index (χ0n) is 8.39. The summed E-state index contributed by atoms with van der Waals surface area (Å²) < 4.78 is 1.99. The monoisotopic (exact) mass is 196 g/mol. The fourth-order valence-corrected chi connectivity index (χ4v) is 1.55. The van der Waals surface area contributed by atoms with Crippen molar-refractivity contribution in [3.8, 4) is 0 Å². The summed E-state index contributed by atoms with van der Waals surface area (Å²) in [6.45, 7) is 2.10. The molecule has 1 aromatic rings. The molecule has 4 nitrogen and oxygen atoms in total. The fraction of sp³-hybridized carbons (Fsp3) is 0.600. The molecule has 0 saturated carbocycles. The number of hydrogen-bond acceptors (Lipinski definition) is 2. The molecule has 1 rings (SSSR count). The summed E-state index contributed by atoms with van der Waals surface area (Å²) in [5, 5.41) is 8.60. The van der Waals surface area contributed by atoms with Gasteiger partial charge in [0.2, 0.25) is 0 Å². The van der Waals surface area contributed by atoms with Gasteiger partial charge in [-0.3, -0.25) is 4.79 Å². The molecule has 0 aliphatic carbocycles. The predicted octanol–water partition coefficient (Wildman–Crippen LogP) is 2.09. The minimum Gasteiger partial charge on any atom is -0.481 e. The molecule has 0 saturated heterocycles. The van der Waals surface area contributed by atoms with Gasteiger partial charge in [-0.25, -0.2) is 4.98 Å². The van der Waals surface area contributed by atoms with Crippen LogP contribution in [0.1, 0.15) is 38.6 Å². The van der Waals surface area contributed by atoms with E-state index in [1.54, 1.807) is 12.5 Å². The second-order valence-corrected chi connectivity index (χ2v) is 3.38. The summed E-state index contributed by atoms with van der Waals surface area (Å²) in [6.07, 6.45) is 8.34. The van der Waals surface area contributed by atoms with Gasteiger partial charge in [0.05, 0.1) is 6.33 Å². The van der Waals surface area contributed by atoms with Crippen molar-refractivity contribution in [2.24, 2.45) is 0 Å². The molecule has 0 aliphatic rings. The van der Waals surface area contributed by atoms with Crippen molar-refractivity contribution in [2.75, 3.05) is 0 Å². The third-order valence-corrected chi connectivity index (χ3v) is 2.26. The molecular weight excluding hydrogens is 180 g/mol. The molecule has 0 fully saturated rings. The van der Waals surface area contributed by atoms with E-state index in [-0.39, 0.29) is 12.5 Å². The summed E-state index contributed by atoms with van der Waals surface area (Å²) in [5.74, 6) is -0.730. The van der Waals surface area contributed by atoms with E-state index in [0.717, 1.165) is 12.8 Å². The zero-order valence-corrected chi connectivity index (χ0v) is 8.39. The molecule has 14 heavy (non-hydrogen) atoms. The molecule has 0 aromatic carbocycles. The molecule has 0 amide bonds. The van der Waals surface area contributed by atoms with Crippen LogP contribution in [0.2, 0.25) is 0 Å². The number of nitrogens with zero attached hydrogens (tertiary/aromatic N) is 2. The number of carboxylic acid groups (broad SMARTS) is 1. The van der Waals surface area contributed by atoms with Gasteiger partial charge in [-0.1, -0.05) is 13.3 Å². The highest BCUT2D eigenvalue weighted by Crippen LogP contribution is 2.19. The van der Waals surface area contributed by atoms with Crippen LogP contribution in [0.5, 0.6) is 0 Å². The van der Waals surface area contributed by atoms with Gasteiger partial charge in [-0.05, 0) is 12.8 Å². The lowest BCUT2D eigenvalue weighted by atomic mass is 10.1. The number of carboxylic acids is 1. The molecule has 78 valence electrons. The van der Waals surface area contributed by atoms with Crippen LogP contribution in [-0.4, -0.2) is 20.6 Å². The Kier molecular flexibility index (Phi) is 4.16. The highest BCUT2D eigenvalue weighted by molar-refractivity contribution is 5.66. The van der Waals surface area contributed by atoms with Gasteiger partial charge < -0.3 is 9.67 Å². The van der Waals surface area contributed by atoms with Crippen LogP contribution in [0, 0.1) is 0 Å². The van der Waals surface area contributed by atoms with E-state index in [1.807, 2.05) is 10.8 Å². The molecule has 1 unspecified atom stereocenters. The summed E-state index contributed by atoms with van der Waals surface area (Å²) in [6, 6.07) is 0.276. The Morgan fingerprint density at radius 2 is 2.36 bits per heavy atom. The van der Waals surface area contributed by atoms with Gasteiger partial charge in [0.25, 0.3) is 0 Å². The number of carbonyl (C=O) groups is 1. The molecule has 1 atom stereocenters. The maximum Gasteiger partial charge on any atom is 0.303 e. The minimum atomic E-state index is -0.730.